The molecule has 1 aliphatic carbocycles. The molecule has 0 bridgehead atoms. The third-order valence-electron chi connectivity index (χ3n) is 6.16. The van der Waals surface area contributed by atoms with E-state index >= 15 is 0 Å². The predicted octanol–water partition coefficient (Wildman–Crippen LogP) is 6.05. The van der Waals surface area contributed by atoms with E-state index in [0.29, 0.717) is 17.3 Å². The second-order valence-electron chi connectivity index (χ2n) is 7.80. The molecule has 0 radical (unpaired) electrons. The first kappa shape index (κ1) is 16.0. The Morgan fingerprint density at radius 3 is 2.54 bits per heavy atom. The molecule has 0 amide bonds. The van der Waals surface area contributed by atoms with Crippen LogP contribution in [0.5, 0.6) is 0 Å². The lowest BCUT2D eigenvalue weighted by Crippen LogP contribution is -2.35. The fourth-order valence-electron chi connectivity index (χ4n) is 4.41. The Morgan fingerprint density at radius 1 is 1.08 bits per heavy atom. The van der Waals surface area contributed by atoms with Crippen LogP contribution in [-0.4, -0.2) is 0 Å². The van der Waals surface area contributed by atoms with Crippen LogP contribution in [0.4, 0.5) is 4.39 Å². The van der Waals surface area contributed by atoms with Crippen molar-refractivity contribution in [3.63, 3.8) is 0 Å². The van der Waals surface area contributed by atoms with E-state index in [4.69, 9.17) is 1.37 Å². The average Bonchev–Trinajstić information content (AvgIpc) is 3.18. The molecule has 1 fully saturated rings. The molecule has 1 saturated carbocycles. The van der Waals surface area contributed by atoms with Gasteiger partial charge in [0.1, 0.15) is 12.9 Å². The van der Waals surface area contributed by atoms with Gasteiger partial charge in [-0.15, -0.1) is 0 Å². The molecule has 134 valence electrons. The summed E-state index contributed by atoms with van der Waals surface area (Å²) >= 11 is 0. The van der Waals surface area contributed by atoms with Gasteiger partial charge in [-0.3, -0.25) is 0 Å². The number of pyridine rings is 1. The highest BCUT2D eigenvalue weighted by molar-refractivity contribution is 5.94. The summed E-state index contributed by atoms with van der Waals surface area (Å²) < 4.78 is 24.5. The van der Waals surface area contributed by atoms with E-state index in [0.717, 1.165) is 16.8 Å². The number of fused-ring (bicyclic) bond motifs is 1. The van der Waals surface area contributed by atoms with Gasteiger partial charge in [0, 0.05) is 13.0 Å². The lowest BCUT2D eigenvalue weighted by Gasteiger charge is -2.17. The van der Waals surface area contributed by atoms with Crippen LogP contribution >= 0.6 is 0 Å². The van der Waals surface area contributed by atoms with E-state index < -0.39 is 0 Å². The molecule has 2 aromatic carbocycles. The van der Waals surface area contributed by atoms with E-state index in [1.54, 1.807) is 0 Å². The van der Waals surface area contributed by atoms with Crippen LogP contribution in [0.25, 0.3) is 22.0 Å². The summed E-state index contributed by atoms with van der Waals surface area (Å²) in [5.41, 5.74) is 7.13. The first-order chi connectivity index (χ1) is 12.9. The Hall–Kier alpha value is -2.22. The fraction of sp³-hybridized carbons (Fsp3) is 0.375. The van der Waals surface area contributed by atoms with Crippen LogP contribution in [-0.2, 0) is 7.05 Å². The van der Waals surface area contributed by atoms with Gasteiger partial charge >= 0.3 is 0 Å². The molecule has 0 saturated heterocycles. The van der Waals surface area contributed by atoms with Crippen molar-refractivity contribution in [3.8, 4) is 11.3 Å². The van der Waals surface area contributed by atoms with Gasteiger partial charge in [0.25, 0.3) is 0 Å². The molecule has 0 atom stereocenters. The van der Waals surface area contributed by atoms with Crippen LogP contribution in [0.15, 0.2) is 36.4 Å². The predicted molar refractivity (Wildman–Crippen MR) is 106 cm³/mol. The number of aryl methyl sites for hydroxylation is 1. The molecule has 3 aromatic rings. The molecule has 0 N–H and O–H groups in total. The summed E-state index contributed by atoms with van der Waals surface area (Å²) in [6.45, 7) is 6.30. The largest absolute Gasteiger partial charge is 0.220 e. The van der Waals surface area contributed by atoms with Crippen molar-refractivity contribution < 1.29 is 10.3 Å². The van der Waals surface area contributed by atoms with Crippen LogP contribution in [0.1, 0.15) is 55.4 Å². The normalized spacial score (nSPS) is 15.7. The van der Waals surface area contributed by atoms with Crippen LogP contribution in [0, 0.1) is 26.6 Å². The highest BCUT2D eigenvalue weighted by Gasteiger charge is 2.24. The van der Waals surface area contributed by atoms with E-state index in [1.807, 2.05) is 20.0 Å². The van der Waals surface area contributed by atoms with Crippen molar-refractivity contribution in [2.45, 2.75) is 52.4 Å². The quantitative estimate of drug-likeness (QED) is 0.496. The Morgan fingerprint density at radius 2 is 1.81 bits per heavy atom. The molecular weight excluding hydrogens is 321 g/mol. The van der Waals surface area contributed by atoms with Gasteiger partial charge in [0.2, 0.25) is 5.69 Å². The molecule has 0 spiro atoms. The third-order valence-corrected chi connectivity index (χ3v) is 6.16. The Kier molecular flexibility index (Phi) is 4.00. The number of rotatable bonds is 2. The third kappa shape index (κ3) is 2.82. The number of halogens is 1. The second kappa shape index (κ2) is 6.50. The Labute approximate surface area is 156 Å². The standard InChI is InChI=1S/C24H27FN/c1-15-11-19(18-7-5-6-8-18)14-23(17(15)3)24-22-10-9-21(25)13-20(22)12-16(2)26(24)4/h9-14,18H,5-8H2,1-4H3/q+1/i12D. The molecule has 0 unspecified atom stereocenters. The summed E-state index contributed by atoms with van der Waals surface area (Å²) in [5, 5.41) is 1.63. The van der Waals surface area contributed by atoms with Gasteiger partial charge in [-0.25, -0.2) is 4.39 Å². The molecule has 4 rings (SSSR count). The smallest absolute Gasteiger partial charge is 0.207 e. The minimum absolute atomic E-state index is 0.289. The van der Waals surface area contributed by atoms with Gasteiger partial charge in [-0.1, -0.05) is 18.9 Å². The summed E-state index contributed by atoms with van der Waals surface area (Å²) in [7, 11) is 2.02. The topological polar surface area (TPSA) is 3.88 Å². The number of benzene rings is 2. The molecule has 2 heteroatoms. The molecule has 1 nitrogen and oxygen atoms in total. The van der Waals surface area contributed by atoms with Gasteiger partial charge in [0.15, 0.2) is 5.69 Å². The molecular formula is C24H27FN+. The van der Waals surface area contributed by atoms with Crippen molar-refractivity contribution >= 4 is 10.8 Å². The molecule has 0 aliphatic heterocycles. The van der Waals surface area contributed by atoms with E-state index in [2.05, 4.69) is 30.5 Å². The summed E-state index contributed by atoms with van der Waals surface area (Å²) in [5.74, 6) is 0.358. The van der Waals surface area contributed by atoms with Gasteiger partial charge in [-0.2, -0.15) is 4.57 Å². The van der Waals surface area contributed by atoms with Crippen molar-refractivity contribution in [1.29, 1.82) is 0 Å². The lowest BCUT2D eigenvalue weighted by molar-refractivity contribution is -0.665. The number of hydrogen-bond acceptors (Lipinski definition) is 0. The van der Waals surface area contributed by atoms with Crippen molar-refractivity contribution in [1.82, 2.24) is 0 Å². The van der Waals surface area contributed by atoms with Crippen LogP contribution in [0.3, 0.4) is 0 Å². The van der Waals surface area contributed by atoms with E-state index in [1.165, 1.54) is 60.1 Å². The minimum atomic E-state index is -0.289. The van der Waals surface area contributed by atoms with Crippen LogP contribution in [0.2, 0.25) is 0 Å². The Balaban J connectivity index is 2.05. The van der Waals surface area contributed by atoms with Gasteiger partial charge in [-0.05, 0) is 78.9 Å². The maximum atomic E-state index is 13.9. The maximum absolute atomic E-state index is 13.9. The molecule has 1 aliphatic rings. The fourth-order valence-corrected chi connectivity index (χ4v) is 4.41. The van der Waals surface area contributed by atoms with Crippen molar-refractivity contribution in [3.05, 3.63) is 64.6 Å². The number of nitrogens with zero attached hydrogens (tertiary/aromatic N) is 1. The number of aromatic nitrogens is 1. The van der Waals surface area contributed by atoms with Crippen LogP contribution < -0.4 is 4.57 Å². The zero-order valence-corrected chi connectivity index (χ0v) is 16.1. The molecule has 1 heterocycles. The number of hydrogen-bond donors (Lipinski definition) is 0. The van der Waals surface area contributed by atoms with E-state index in [9.17, 15) is 4.39 Å². The SMILES string of the molecule is [2H]c1c(C)[n+](C)c(-c2cc(C3CCCC3)cc(C)c2C)c2ccc(F)cc12. The summed E-state index contributed by atoms with van der Waals surface area (Å²) in [4.78, 5) is 0. The average molecular weight is 349 g/mol. The van der Waals surface area contributed by atoms with E-state index in [-0.39, 0.29) is 5.82 Å². The van der Waals surface area contributed by atoms with Crippen molar-refractivity contribution in [2.24, 2.45) is 7.05 Å². The lowest BCUT2D eigenvalue weighted by atomic mass is 9.89. The van der Waals surface area contributed by atoms with Crippen molar-refractivity contribution in [2.75, 3.05) is 0 Å². The zero-order chi connectivity index (χ0) is 19.3. The Bertz CT molecular complexity index is 1050. The monoisotopic (exact) mass is 349 g/mol. The zero-order valence-electron chi connectivity index (χ0n) is 17.1. The second-order valence-corrected chi connectivity index (χ2v) is 7.80. The first-order valence-electron chi connectivity index (χ1n) is 10.1. The molecule has 1 aromatic heterocycles. The summed E-state index contributed by atoms with van der Waals surface area (Å²) in [6, 6.07) is 9.93. The highest BCUT2D eigenvalue weighted by atomic mass is 19.1. The first-order valence-corrected chi connectivity index (χ1v) is 9.58. The molecule has 26 heavy (non-hydrogen) atoms. The van der Waals surface area contributed by atoms with Gasteiger partial charge < -0.3 is 0 Å². The highest BCUT2D eigenvalue weighted by Crippen LogP contribution is 2.38. The minimum Gasteiger partial charge on any atom is -0.207 e. The van der Waals surface area contributed by atoms with Gasteiger partial charge in [0.05, 0.1) is 12.3 Å². The summed E-state index contributed by atoms with van der Waals surface area (Å²) in [6.07, 6.45) is 5.17. The maximum Gasteiger partial charge on any atom is 0.220 e.